The third kappa shape index (κ3) is 3.28. The van der Waals surface area contributed by atoms with Gasteiger partial charge in [0.2, 0.25) is 0 Å². The number of hydrogen-bond donors (Lipinski definition) is 0. The molecule has 0 aromatic rings. The first kappa shape index (κ1) is 17.5. The number of halogens is 4. The first-order valence-corrected chi connectivity index (χ1v) is 9.61. The van der Waals surface area contributed by atoms with Crippen molar-refractivity contribution in [1.82, 2.24) is 0 Å². The summed E-state index contributed by atoms with van der Waals surface area (Å²) in [6.07, 6.45) is 4.72. The van der Waals surface area contributed by atoms with Crippen LogP contribution in [0, 0.1) is 29.6 Å². The van der Waals surface area contributed by atoms with Gasteiger partial charge < -0.3 is 0 Å². The third-order valence-electron chi connectivity index (χ3n) is 6.93. The van der Waals surface area contributed by atoms with E-state index in [2.05, 4.69) is 6.92 Å². The predicted octanol–water partition coefficient (Wildman–Crippen LogP) is 6.34. The zero-order valence-corrected chi connectivity index (χ0v) is 14.1. The fourth-order valence-corrected chi connectivity index (χ4v) is 5.60. The highest BCUT2D eigenvalue weighted by atomic mass is 19.3. The first-order valence-electron chi connectivity index (χ1n) is 9.61. The minimum Gasteiger partial charge on any atom is -0.244 e. The maximum atomic E-state index is 14.8. The number of rotatable bonds is 4. The lowest BCUT2D eigenvalue weighted by Gasteiger charge is -2.37. The molecule has 0 saturated heterocycles. The Balaban J connectivity index is 1.63. The van der Waals surface area contributed by atoms with Gasteiger partial charge >= 0.3 is 0 Å². The number of fused-ring (bicyclic) bond motifs is 1. The second-order valence-electron chi connectivity index (χ2n) is 8.26. The van der Waals surface area contributed by atoms with E-state index in [4.69, 9.17) is 0 Å². The minimum atomic E-state index is -3.02. The lowest BCUT2D eigenvalue weighted by atomic mass is 9.72. The molecule has 0 aromatic carbocycles. The van der Waals surface area contributed by atoms with E-state index in [-0.39, 0.29) is 18.3 Å². The molecular formula is C19H30F4. The summed E-state index contributed by atoms with van der Waals surface area (Å²) >= 11 is 0. The van der Waals surface area contributed by atoms with Crippen molar-refractivity contribution in [2.75, 3.05) is 0 Å². The van der Waals surface area contributed by atoms with Gasteiger partial charge in [-0.2, -0.15) is 0 Å². The van der Waals surface area contributed by atoms with Crippen LogP contribution in [0.5, 0.6) is 0 Å². The molecule has 5 unspecified atom stereocenters. The van der Waals surface area contributed by atoms with E-state index in [0.29, 0.717) is 18.8 Å². The van der Waals surface area contributed by atoms with Gasteiger partial charge in [0.15, 0.2) is 0 Å². The van der Waals surface area contributed by atoms with Crippen molar-refractivity contribution in [2.24, 2.45) is 29.6 Å². The quantitative estimate of drug-likeness (QED) is 0.526. The van der Waals surface area contributed by atoms with Crippen molar-refractivity contribution in [2.45, 2.75) is 89.4 Å². The molecule has 0 aliphatic heterocycles. The molecule has 134 valence electrons. The van der Waals surface area contributed by atoms with Crippen LogP contribution in [0.1, 0.15) is 71.1 Å². The molecule has 0 bridgehead atoms. The molecule has 0 N–H and O–H groups in total. The fraction of sp³-hybridized carbons (Fsp3) is 1.00. The van der Waals surface area contributed by atoms with Crippen molar-refractivity contribution in [3.05, 3.63) is 0 Å². The molecule has 23 heavy (non-hydrogen) atoms. The Morgan fingerprint density at radius 3 is 2.22 bits per heavy atom. The van der Waals surface area contributed by atoms with Crippen molar-refractivity contribution < 1.29 is 17.6 Å². The first-order chi connectivity index (χ1) is 10.9. The molecule has 0 amide bonds. The molecule has 0 spiro atoms. The number of alkyl halides is 4. The van der Waals surface area contributed by atoms with Gasteiger partial charge in [-0.1, -0.05) is 39.0 Å². The van der Waals surface area contributed by atoms with Crippen LogP contribution in [-0.4, -0.2) is 18.3 Å². The molecule has 4 heteroatoms. The zero-order chi connectivity index (χ0) is 16.6. The van der Waals surface area contributed by atoms with E-state index >= 15 is 0 Å². The van der Waals surface area contributed by atoms with Gasteiger partial charge in [-0.05, 0) is 49.9 Å². The standard InChI is InChI=1S/C19H30F4/c1-2-3-4-12-5-7-13(8-6-12)15-11-14-9-10-16(20)18(21)17(14)19(15,22)23/h12-18H,2-11H2,1H3. The maximum absolute atomic E-state index is 14.8. The minimum absolute atomic E-state index is 0.0127. The molecule has 0 heterocycles. The summed E-state index contributed by atoms with van der Waals surface area (Å²) in [7, 11) is 0. The number of unbranched alkanes of at least 4 members (excludes halogenated alkanes) is 1. The molecule has 3 rings (SSSR count). The summed E-state index contributed by atoms with van der Waals surface area (Å²) in [6, 6.07) is 0. The largest absolute Gasteiger partial charge is 0.257 e. The highest BCUT2D eigenvalue weighted by Crippen LogP contribution is 2.59. The highest BCUT2D eigenvalue weighted by molar-refractivity contribution is 5.06. The third-order valence-corrected chi connectivity index (χ3v) is 6.93. The zero-order valence-electron chi connectivity index (χ0n) is 14.1. The van der Waals surface area contributed by atoms with Gasteiger partial charge in [-0.15, -0.1) is 0 Å². The van der Waals surface area contributed by atoms with Crippen LogP contribution in [0.2, 0.25) is 0 Å². The topological polar surface area (TPSA) is 0 Å². The molecular weight excluding hydrogens is 304 g/mol. The Morgan fingerprint density at radius 2 is 1.57 bits per heavy atom. The van der Waals surface area contributed by atoms with Crippen molar-refractivity contribution in [3.63, 3.8) is 0 Å². The average Bonchev–Trinajstić information content (AvgIpc) is 2.81. The molecule has 0 radical (unpaired) electrons. The Hall–Kier alpha value is -0.280. The van der Waals surface area contributed by atoms with Gasteiger partial charge in [0.25, 0.3) is 5.92 Å². The van der Waals surface area contributed by atoms with Crippen LogP contribution in [-0.2, 0) is 0 Å². The summed E-state index contributed by atoms with van der Waals surface area (Å²) in [6.45, 7) is 2.18. The molecule has 3 fully saturated rings. The lowest BCUT2D eigenvalue weighted by molar-refractivity contribution is -0.139. The van der Waals surface area contributed by atoms with E-state index in [1.165, 1.54) is 19.3 Å². The van der Waals surface area contributed by atoms with E-state index in [9.17, 15) is 17.6 Å². The van der Waals surface area contributed by atoms with Crippen molar-refractivity contribution >= 4 is 0 Å². The summed E-state index contributed by atoms with van der Waals surface area (Å²) in [4.78, 5) is 0. The average molecular weight is 334 g/mol. The molecule has 5 atom stereocenters. The highest BCUT2D eigenvalue weighted by Gasteiger charge is 2.64. The predicted molar refractivity (Wildman–Crippen MR) is 84.0 cm³/mol. The van der Waals surface area contributed by atoms with Gasteiger partial charge in [0.1, 0.15) is 12.3 Å². The summed E-state index contributed by atoms with van der Waals surface area (Å²) in [5.74, 6) is -4.71. The van der Waals surface area contributed by atoms with Crippen LogP contribution in [0.15, 0.2) is 0 Å². The van der Waals surface area contributed by atoms with Crippen LogP contribution in [0.4, 0.5) is 17.6 Å². The second kappa shape index (κ2) is 6.92. The van der Waals surface area contributed by atoms with E-state index < -0.39 is 30.1 Å². The molecule has 3 aliphatic carbocycles. The van der Waals surface area contributed by atoms with E-state index in [1.54, 1.807) is 0 Å². The summed E-state index contributed by atoms with van der Waals surface area (Å²) in [5, 5.41) is 0. The van der Waals surface area contributed by atoms with Crippen molar-refractivity contribution in [3.8, 4) is 0 Å². The van der Waals surface area contributed by atoms with Crippen LogP contribution < -0.4 is 0 Å². The molecule has 3 aliphatic rings. The van der Waals surface area contributed by atoms with Gasteiger partial charge in [0.05, 0.1) is 5.92 Å². The van der Waals surface area contributed by atoms with E-state index in [1.807, 2.05) is 0 Å². The Morgan fingerprint density at radius 1 is 0.913 bits per heavy atom. The molecule has 0 aromatic heterocycles. The SMILES string of the molecule is CCCCC1CCC(C2CC3CCC(F)C(F)C3C2(F)F)CC1. The number of hydrogen-bond acceptors (Lipinski definition) is 0. The molecule has 3 saturated carbocycles. The molecule has 0 nitrogen and oxygen atoms in total. The maximum Gasteiger partial charge on any atom is 0.257 e. The van der Waals surface area contributed by atoms with Crippen LogP contribution in [0.3, 0.4) is 0 Å². The Labute approximate surface area is 137 Å². The van der Waals surface area contributed by atoms with Crippen molar-refractivity contribution in [1.29, 1.82) is 0 Å². The Kier molecular flexibility index (Phi) is 5.27. The second-order valence-corrected chi connectivity index (χ2v) is 8.26. The fourth-order valence-electron chi connectivity index (χ4n) is 5.60. The normalized spacial score (nSPS) is 46.6. The van der Waals surface area contributed by atoms with Gasteiger partial charge in [-0.3, -0.25) is 0 Å². The lowest BCUT2D eigenvalue weighted by Crippen LogP contribution is -2.45. The monoisotopic (exact) mass is 334 g/mol. The van der Waals surface area contributed by atoms with Crippen LogP contribution >= 0.6 is 0 Å². The van der Waals surface area contributed by atoms with Crippen LogP contribution in [0.25, 0.3) is 0 Å². The van der Waals surface area contributed by atoms with Gasteiger partial charge in [-0.25, -0.2) is 17.6 Å². The summed E-state index contributed by atoms with van der Waals surface area (Å²) in [5.41, 5.74) is 0. The smallest absolute Gasteiger partial charge is 0.244 e. The van der Waals surface area contributed by atoms with Gasteiger partial charge in [0, 0.05) is 5.92 Å². The van der Waals surface area contributed by atoms with E-state index in [0.717, 1.165) is 25.7 Å². The Bertz CT molecular complexity index is 389. The summed E-state index contributed by atoms with van der Waals surface area (Å²) < 4.78 is 57.4.